The fraction of sp³-hybridized carbons (Fsp3) is 0.250. The zero-order valence-electron chi connectivity index (χ0n) is 14.0. The van der Waals surface area contributed by atoms with Crippen molar-refractivity contribution in [3.63, 3.8) is 0 Å². The van der Waals surface area contributed by atoms with Crippen molar-refractivity contribution in [2.45, 2.75) is 32.1 Å². The number of carbonyl (C=O) groups is 1. The third-order valence-electron chi connectivity index (χ3n) is 4.16. The fourth-order valence-corrected chi connectivity index (χ4v) is 3.99. The Morgan fingerprint density at radius 2 is 2.00 bits per heavy atom. The molecule has 0 aliphatic heterocycles. The number of carbonyl (C=O) groups excluding carboxylic acids is 1. The SMILES string of the molecule is CC(CCCC(=O)c1sc(-c2cccnc2)nc1Cl)c1ccccc1. The van der Waals surface area contributed by atoms with E-state index in [1.165, 1.54) is 16.9 Å². The minimum Gasteiger partial charge on any atom is -0.293 e. The first-order valence-electron chi connectivity index (χ1n) is 8.30. The van der Waals surface area contributed by atoms with Gasteiger partial charge in [0.1, 0.15) is 9.88 Å². The van der Waals surface area contributed by atoms with E-state index < -0.39 is 0 Å². The fourth-order valence-electron chi connectivity index (χ4n) is 2.72. The van der Waals surface area contributed by atoms with Crippen molar-refractivity contribution in [2.75, 3.05) is 0 Å². The summed E-state index contributed by atoms with van der Waals surface area (Å²) in [5.74, 6) is 0.509. The van der Waals surface area contributed by atoms with Crippen molar-refractivity contribution in [1.29, 1.82) is 0 Å². The molecule has 0 bridgehead atoms. The Bertz CT molecular complexity index is 833. The molecule has 0 aliphatic carbocycles. The third kappa shape index (κ3) is 4.53. The van der Waals surface area contributed by atoms with E-state index in [-0.39, 0.29) is 5.78 Å². The Morgan fingerprint density at radius 1 is 1.20 bits per heavy atom. The molecular formula is C20H19ClN2OS. The molecule has 1 atom stereocenters. The maximum Gasteiger partial charge on any atom is 0.176 e. The molecule has 3 aromatic rings. The van der Waals surface area contributed by atoms with Crippen LogP contribution in [0, 0.1) is 0 Å². The number of halogens is 1. The van der Waals surface area contributed by atoms with Crippen LogP contribution in [0.4, 0.5) is 0 Å². The summed E-state index contributed by atoms with van der Waals surface area (Å²) < 4.78 is 0. The molecule has 0 aliphatic rings. The minimum atomic E-state index is 0.0675. The van der Waals surface area contributed by atoms with Crippen LogP contribution in [0.3, 0.4) is 0 Å². The summed E-state index contributed by atoms with van der Waals surface area (Å²) in [6.45, 7) is 2.19. The summed E-state index contributed by atoms with van der Waals surface area (Å²) >= 11 is 7.53. The second-order valence-electron chi connectivity index (χ2n) is 6.01. The van der Waals surface area contributed by atoms with Gasteiger partial charge in [0.05, 0.1) is 0 Å². The molecule has 3 rings (SSSR count). The third-order valence-corrected chi connectivity index (χ3v) is 5.69. The second-order valence-corrected chi connectivity index (χ2v) is 7.36. The van der Waals surface area contributed by atoms with Gasteiger partial charge in [-0.25, -0.2) is 4.98 Å². The van der Waals surface area contributed by atoms with Crippen molar-refractivity contribution in [3.8, 4) is 10.6 Å². The van der Waals surface area contributed by atoms with E-state index in [9.17, 15) is 4.79 Å². The Hall–Kier alpha value is -2.04. The van der Waals surface area contributed by atoms with Crippen molar-refractivity contribution in [3.05, 3.63) is 70.5 Å². The van der Waals surface area contributed by atoms with Gasteiger partial charge in [-0.15, -0.1) is 11.3 Å². The van der Waals surface area contributed by atoms with E-state index in [2.05, 4.69) is 29.0 Å². The smallest absolute Gasteiger partial charge is 0.176 e. The number of benzene rings is 1. The van der Waals surface area contributed by atoms with Gasteiger partial charge in [0.15, 0.2) is 10.9 Å². The van der Waals surface area contributed by atoms with E-state index in [1.54, 1.807) is 12.4 Å². The average Bonchev–Trinajstić information content (AvgIpc) is 3.05. The molecule has 0 saturated heterocycles. The van der Waals surface area contributed by atoms with Gasteiger partial charge in [0.25, 0.3) is 0 Å². The molecule has 0 saturated carbocycles. The topological polar surface area (TPSA) is 42.9 Å². The summed E-state index contributed by atoms with van der Waals surface area (Å²) in [6, 6.07) is 14.1. The standard InChI is InChI=1S/C20H19ClN2OS/c1-14(15-8-3-2-4-9-15)7-5-11-17(24)18-19(21)23-20(25-18)16-10-6-12-22-13-16/h2-4,6,8-10,12-14H,5,7,11H2,1H3. The van der Waals surface area contributed by atoms with E-state index in [0.29, 0.717) is 22.4 Å². The van der Waals surface area contributed by atoms with Gasteiger partial charge in [-0.2, -0.15) is 0 Å². The highest BCUT2D eigenvalue weighted by Crippen LogP contribution is 2.32. The second kappa shape index (κ2) is 8.37. The Balaban J connectivity index is 1.59. The average molecular weight is 371 g/mol. The lowest BCUT2D eigenvalue weighted by atomic mass is 9.95. The van der Waals surface area contributed by atoms with Gasteiger partial charge in [0.2, 0.25) is 0 Å². The van der Waals surface area contributed by atoms with E-state index >= 15 is 0 Å². The van der Waals surface area contributed by atoms with Crippen molar-refractivity contribution < 1.29 is 4.79 Å². The molecule has 0 amide bonds. The molecule has 25 heavy (non-hydrogen) atoms. The first-order valence-corrected chi connectivity index (χ1v) is 9.49. The summed E-state index contributed by atoms with van der Waals surface area (Å²) in [5.41, 5.74) is 2.19. The predicted molar refractivity (Wildman–Crippen MR) is 103 cm³/mol. The Morgan fingerprint density at radius 3 is 2.72 bits per heavy atom. The van der Waals surface area contributed by atoms with Crippen LogP contribution < -0.4 is 0 Å². The molecule has 128 valence electrons. The van der Waals surface area contributed by atoms with Gasteiger partial charge in [-0.05, 0) is 36.5 Å². The molecule has 1 unspecified atom stereocenters. The molecule has 0 N–H and O–H groups in total. The molecule has 2 heterocycles. The van der Waals surface area contributed by atoms with Gasteiger partial charge in [0, 0.05) is 24.4 Å². The van der Waals surface area contributed by atoms with E-state index in [0.717, 1.165) is 23.4 Å². The summed E-state index contributed by atoms with van der Waals surface area (Å²) in [6.07, 6.45) is 5.74. The first kappa shape index (κ1) is 17.8. The maximum absolute atomic E-state index is 12.5. The van der Waals surface area contributed by atoms with Gasteiger partial charge in [-0.1, -0.05) is 48.9 Å². The zero-order valence-corrected chi connectivity index (χ0v) is 15.6. The number of hydrogen-bond acceptors (Lipinski definition) is 4. The quantitative estimate of drug-likeness (QED) is 0.478. The highest BCUT2D eigenvalue weighted by atomic mass is 35.5. The molecule has 0 spiro atoms. The normalized spacial score (nSPS) is 12.1. The van der Waals surface area contributed by atoms with Crippen molar-refractivity contribution in [1.82, 2.24) is 9.97 Å². The molecular weight excluding hydrogens is 352 g/mol. The number of thiazole rings is 1. The largest absolute Gasteiger partial charge is 0.293 e. The molecule has 2 aromatic heterocycles. The zero-order chi connectivity index (χ0) is 17.6. The van der Waals surface area contributed by atoms with Crippen LogP contribution in [0.2, 0.25) is 5.15 Å². The highest BCUT2D eigenvalue weighted by molar-refractivity contribution is 7.17. The van der Waals surface area contributed by atoms with Crippen LogP contribution in [0.1, 0.15) is 47.3 Å². The van der Waals surface area contributed by atoms with Crippen LogP contribution in [0.25, 0.3) is 10.6 Å². The monoisotopic (exact) mass is 370 g/mol. The number of nitrogens with zero attached hydrogens (tertiary/aromatic N) is 2. The molecule has 0 radical (unpaired) electrons. The maximum atomic E-state index is 12.5. The molecule has 1 aromatic carbocycles. The van der Waals surface area contributed by atoms with Gasteiger partial charge >= 0.3 is 0 Å². The molecule has 3 nitrogen and oxygen atoms in total. The number of Topliss-reactive ketones (excluding diaryl/α,β-unsaturated/α-hetero) is 1. The van der Waals surface area contributed by atoms with Crippen LogP contribution in [0.5, 0.6) is 0 Å². The summed E-state index contributed by atoms with van der Waals surface area (Å²) in [7, 11) is 0. The summed E-state index contributed by atoms with van der Waals surface area (Å²) in [4.78, 5) is 21.4. The molecule has 0 fully saturated rings. The van der Waals surface area contributed by atoms with Gasteiger partial charge in [-0.3, -0.25) is 9.78 Å². The number of aromatic nitrogens is 2. The lowest BCUT2D eigenvalue weighted by molar-refractivity contribution is 0.0982. The minimum absolute atomic E-state index is 0.0675. The van der Waals surface area contributed by atoms with Gasteiger partial charge < -0.3 is 0 Å². The van der Waals surface area contributed by atoms with Crippen molar-refractivity contribution >= 4 is 28.7 Å². The summed E-state index contributed by atoms with van der Waals surface area (Å²) in [5, 5.41) is 1.03. The highest BCUT2D eigenvalue weighted by Gasteiger charge is 2.18. The predicted octanol–water partition coefficient (Wildman–Crippen LogP) is 6.02. The van der Waals surface area contributed by atoms with E-state index in [1.807, 2.05) is 30.3 Å². The first-order chi connectivity index (χ1) is 12.1. The van der Waals surface area contributed by atoms with Crippen LogP contribution in [-0.2, 0) is 0 Å². The van der Waals surface area contributed by atoms with Crippen LogP contribution in [-0.4, -0.2) is 15.8 Å². The lowest BCUT2D eigenvalue weighted by Gasteiger charge is -2.10. The number of pyridine rings is 1. The molecule has 5 heteroatoms. The van der Waals surface area contributed by atoms with Crippen LogP contribution >= 0.6 is 22.9 Å². The Kier molecular flexibility index (Phi) is 5.95. The van der Waals surface area contributed by atoms with Crippen molar-refractivity contribution in [2.24, 2.45) is 0 Å². The van der Waals surface area contributed by atoms with Crippen LogP contribution in [0.15, 0.2) is 54.9 Å². The Labute approximate surface area is 156 Å². The van der Waals surface area contributed by atoms with E-state index in [4.69, 9.17) is 11.6 Å². The lowest BCUT2D eigenvalue weighted by Crippen LogP contribution is -1.99. The number of ketones is 1. The number of hydrogen-bond donors (Lipinski definition) is 0. The number of rotatable bonds is 7.